The van der Waals surface area contributed by atoms with E-state index in [1.807, 2.05) is 0 Å². The van der Waals surface area contributed by atoms with Gasteiger partial charge >= 0.3 is 11.9 Å². The van der Waals surface area contributed by atoms with Crippen LogP contribution in [0.25, 0.3) is 10.9 Å². The number of carbonyl (C=O) groups excluding carboxylic acids is 1. The third-order valence-corrected chi connectivity index (χ3v) is 4.40. The Kier molecular flexibility index (Phi) is 5.01. The molecule has 11 heteroatoms. The van der Waals surface area contributed by atoms with Crippen molar-refractivity contribution in [1.82, 2.24) is 25.1 Å². The number of aromatic nitrogens is 5. The van der Waals surface area contributed by atoms with Gasteiger partial charge in [-0.3, -0.25) is 10.1 Å². The molecule has 2 N–H and O–H groups in total. The summed E-state index contributed by atoms with van der Waals surface area (Å²) in [5.41, 5.74) is 0.225. The van der Waals surface area contributed by atoms with Gasteiger partial charge in [-0.25, -0.2) is 19.2 Å². The first-order chi connectivity index (χ1) is 14.8. The number of nitrogens with one attached hydrogen (secondary N) is 2. The van der Waals surface area contributed by atoms with Crippen LogP contribution in [0.2, 0.25) is 0 Å². The fraction of sp³-hybridized carbons (Fsp3) is 0.150. The van der Waals surface area contributed by atoms with Crippen molar-refractivity contribution in [3.8, 4) is 0 Å². The van der Waals surface area contributed by atoms with Gasteiger partial charge in [-0.2, -0.15) is 13.9 Å². The van der Waals surface area contributed by atoms with Gasteiger partial charge in [-0.15, -0.1) is 0 Å². The lowest BCUT2D eigenvalue weighted by molar-refractivity contribution is 0.0285. The number of esters is 1. The molecule has 0 amide bonds. The summed E-state index contributed by atoms with van der Waals surface area (Å²) >= 11 is 0. The Morgan fingerprint density at radius 3 is 2.61 bits per heavy atom. The normalized spacial score (nSPS) is 11.5. The lowest BCUT2D eigenvalue weighted by atomic mass is 10.1. The standard InChI is InChI=1S/C20H15F3N6O2/c1-10-7-16(29-28-10)26-17-13-5-3-11(18(30)31-2)8-14(13)25-19(27-17)20(22,23)15-6-4-12(21)9-24-15/h3-9H,1-2H3,(H2,25,26,27,28,29). The lowest BCUT2D eigenvalue weighted by Gasteiger charge is -2.17. The quantitative estimate of drug-likeness (QED) is 0.465. The number of ether oxygens (including phenoxy) is 1. The van der Waals surface area contributed by atoms with E-state index in [1.165, 1.54) is 25.3 Å². The van der Waals surface area contributed by atoms with E-state index in [4.69, 9.17) is 0 Å². The summed E-state index contributed by atoms with van der Waals surface area (Å²) in [6.45, 7) is 1.78. The van der Waals surface area contributed by atoms with Gasteiger partial charge in [0.05, 0.1) is 24.4 Å². The molecule has 0 spiro atoms. The number of H-pyrrole nitrogens is 1. The maximum absolute atomic E-state index is 15.1. The minimum Gasteiger partial charge on any atom is -0.465 e. The van der Waals surface area contributed by atoms with Crippen molar-refractivity contribution in [3.05, 3.63) is 71.2 Å². The van der Waals surface area contributed by atoms with Crippen molar-refractivity contribution in [2.24, 2.45) is 0 Å². The number of nitrogens with zero attached hydrogens (tertiary/aromatic N) is 4. The Hall–Kier alpha value is -4.02. The number of aromatic amines is 1. The predicted octanol–water partition coefficient (Wildman–Crippen LogP) is 3.87. The van der Waals surface area contributed by atoms with Crippen molar-refractivity contribution in [3.63, 3.8) is 0 Å². The molecular formula is C20H15F3N6O2. The lowest BCUT2D eigenvalue weighted by Crippen LogP contribution is -2.21. The fourth-order valence-corrected chi connectivity index (χ4v) is 2.89. The van der Waals surface area contributed by atoms with Crippen molar-refractivity contribution >= 4 is 28.5 Å². The molecule has 1 aromatic carbocycles. The van der Waals surface area contributed by atoms with Crippen LogP contribution in [0.4, 0.5) is 24.8 Å². The number of aryl methyl sites for hydroxylation is 1. The van der Waals surface area contributed by atoms with E-state index in [2.05, 4.69) is 35.2 Å². The Labute approximate surface area is 173 Å². The third-order valence-electron chi connectivity index (χ3n) is 4.40. The number of pyridine rings is 1. The highest BCUT2D eigenvalue weighted by Crippen LogP contribution is 2.35. The van der Waals surface area contributed by atoms with Crippen LogP contribution in [0.3, 0.4) is 0 Å². The van der Waals surface area contributed by atoms with Crippen molar-refractivity contribution in [2.45, 2.75) is 12.8 Å². The van der Waals surface area contributed by atoms with Crippen molar-refractivity contribution < 1.29 is 22.7 Å². The van der Waals surface area contributed by atoms with Gasteiger partial charge in [0.2, 0.25) is 5.82 Å². The van der Waals surface area contributed by atoms with Crippen LogP contribution in [0.5, 0.6) is 0 Å². The molecule has 3 heterocycles. The van der Waals surface area contributed by atoms with E-state index < -0.39 is 29.2 Å². The molecule has 3 aromatic heterocycles. The van der Waals surface area contributed by atoms with Crippen LogP contribution < -0.4 is 5.32 Å². The average Bonchev–Trinajstić information content (AvgIpc) is 3.17. The van der Waals surface area contributed by atoms with Crippen molar-refractivity contribution in [2.75, 3.05) is 12.4 Å². The highest BCUT2D eigenvalue weighted by molar-refractivity contribution is 5.97. The maximum Gasteiger partial charge on any atom is 0.348 e. The molecule has 0 atom stereocenters. The SMILES string of the molecule is COC(=O)c1ccc2c(Nc3cc(C)[nH]n3)nc(C(F)(F)c3ccc(F)cn3)nc2c1. The molecule has 0 fully saturated rings. The minimum atomic E-state index is -3.74. The third kappa shape index (κ3) is 3.89. The first-order valence-corrected chi connectivity index (χ1v) is 8.97. The molecule has 0 aliphatic heterocycles. The minimum absolute atomic E-state index is 0.0460. The number of alkyl halides is 2. The molecule has 8 nitrogen and oxygen atoms in total. The summed E-state index contributed by atoms with van der Waals surface area (Å²) in [6.07, 6.45) is 0.686. The number of hydrogen-bond acceptors (Lipinski definition) is 7. The fourth-order valence-electron chi connectivity index (χ4n) is 2.89. The molecule has 0 saturated heterocycles. The van der Waals surface area contributed by atoms with Gasteiger partial charge in [0, 0.05) is 17.1 Å². The molecule has 0 saturated carbocycles. The van der Waals surface area contributed by atoms with E-state index >= 15 is 8.78 Å². The molecule has 158 valence electrons. The van der Waals surface area contributed by atoms with Crippen LogP contribution >= 0.6 is 0 Å². The Bertz CT molecular complexity index is 1270. The topological polar surface area (TPSA) is 106 Å². The number of rotatable bonds is 5. The average molecular weight is 428 g/mol. The number of hydrogen-bond donors (Lipinski definition) is 2. The summed E-state index contributed by atoms with van der Waals surface area (Å²) in [5, 5.41) is 10.0. The Morgan fingerprint density at radius 2 is 1.97 bits per heavy atom. The molecule has 0 radical (unpaired) electrons. The smallest absolute Gasteiger partial charge is 0.348 e. The van der Waals surface area contributed by atoms with Gasteiger partial charge in [-0.1, -0.05) is 0 Å². The molecule has 0 unspecified atom stereocenters. The highest BCUT2D eigenvalue weighted by atomic mass is 19.3. The zero-order valence-corrected chi connectivity index (χ0v) is 16.3. The summed E-state index contributed by atoms with van der Waals surface area (Å²) in [7, 11) is 1.21. The molecular weight excluding hydrogens is 413 g/mol. The van der Waals surface area contributed by atoms with Crippen LogP contribution in [0.15, 0.2) is 42.6 Å². The monoisotopic (exact) mass is 428 g/mol. The summed E-state index contributed by atoms with van der Waals surface area (Å²) in [5.74, 6) is -5.62. The van der Waals surface area contributed by atoms with Crippen LogP contribution in [-0.4, -0.2) is 38.2 Å². The zero-order chi connectivity index (χ0) is 22.2. The number of benzene rings is 1. The van der Waals surface area contributed by atoms with Gasteiger partial charge < -0.3 is 10.1 Å². The van der Waals surface area contributed by atoms with Crippen LogP contribution in [0, 0.1) is 12.7 Å². The predicted molar refractivity (Wildman–Crippen MR) is 105 cm³/mol. The highest BCUT2D eigenvalue weighted by Gasteiger charge is 2.40. The first-order valence-electron chi connectivity index (χ1n) is 8.97. The Morgan fingerprint density at radius 1 is 1.16 bits per heavy atom. The zero-order valence-electron chi connectivity index (χ0n) is 16.3. The number of carbonyl (C=O) groups is 1. The second kappa shape index (κ2) is 7.67. The van der Waals surface area contributed by atoms with Crippen LogP contribution in [0.1, 0.15) is 27.6 Å². The van der Waals surface area contributed by atoms with E-state index in [1.54, 1.807) is 13.0 Å². The van der Waals surface area contributed by atoms with E-state index in [0.29, 0.717) is 17.4 Å². The van der Waals surface area contributed by atoms with Gasteiger partial charge in [-0.05, 0) is 37.3 Å². The summed E-state index contributed by atoms with van der Waals surface area (Å²) in [4.78, 5) is 23.3. The van der Waals surface area contributed by atoms with E-state index in [0.717, 1.165) is 17.8 Å². The molecule has 4 aromatic rings. The molecule has 0 aliphatic rings. The molecule has 0 bridgehead atoms. The maximum atomic E-state index is 15.1. The second-order valence-corrected chi connectivity index (χ2v) is 6.62. The molecule has 0 aliphatic carbocycles. The van der Waals surface area contributed by atoms with E-state index in [9.17, 15) is 9.18 Å². The van der Waals surface area contributed by atoms with Crippen molar-refractivity contribution in [1.29, 1.82) is 0 Å². The van der Waals surface area contributed by atoms with Gasteiger partial charge in [0.1, 0.15) is 17.3 Å². The second-order valence-electron chi connectivity index (χ2n) is 6.62. The summed E-state index contributed by atoms with van der Waals surface area (Å²) in [6, 6.07) is 7.70. The number of fused-ring (bicyclic) bond motifs is 1. The molecule has 31 heavy (non-hydrogen) atoms. The largest absolute Gasteiger partial charge is 0.465 e. The Balaban J connectivity index is 1.89. The number of halogens is 3. The first kappa shape index (κ1) is 20.3. The summed E-state index contributed by atoms with van der Waals surface area (Å²) < 4.78 is 48.1. The van der Waals surface area contributed by atoms with Gasteiger partial charge in [0.25, 0.3) is 0 Å². The number of methoxy groups -OCH3 is 1. The number of anilines is 2. The van der Waals surface area contributed by atoms with E-state index in [-0.39, 0.29) is 16.9 Å². The van der Waals surface area contributed by atoms with Crippen LogP contribution in [-0.2, 0) is 10.7 Å². The van der Waals surface area contributed by atoms with Gasteiger partial charge in [0.15, 0.2) is 5.82 Å². The molecule has 4 rings (SSSR count).